The van der Waals surface area contributed by atoms with Crippen LogP contribution in [0, 0.1) is 0 Å². The van der Waals surface area contributed by atoms with Crippen LogP contribution in [0.5, 0.6) is 0 Å². The fourth-order valence-corrected chi connectivity index (χ4v) is 0.828. The number of amides is 2. The third-order valence-corrected chi connectivity index (χ3v) is 1.50. The summed E-state index contributed by atoms with van der Waals surface area (Å²) in [5, 5.41) is 2.47. The number of methoxy groups -OCH3 is 1. The molecule has 0 aliphatic rings. The average molecular weight is 232 g/mol. The lowest BCUT2D eigenvalue weighted by Crippen LogP contribution is -2.41. The maximum absolute atomic E-state index is 11.5. The van der Waals surface area contributed by atoms with Crippen LogP contribution < -0.4 is 5.32 Å². The van der Waals surface area contributed by atoms with Gasteiger partial charge in [-0.05, 0) is 20.8 Å². The molecule has 2 amide bonds. The quantitative estimate of drug-likeness (QED) is 0.720. The molecule has 0 aliphatic heterocycles. The number of ether oxygens (including phenoxy) is 2. The molecule has 0 atom stereocenters. The number of nitrogens with zero attached hydrogens (tertiary/aromatic N) is 1. The molecule has 6 heteroatoms. The van der Waals surface area contributed by atoms with Crippen molar-refractivity contribution in [2.45, 2.75) is 26.4 Å². The second kappa shape index (κ2) is 6.32. The summed E-state index contributed by atoms with van der Waals surface area (Å²) in [6.45, 7) is 5.37. The topological polar surface area (TPSA) is 67.9 Å². The van der Waals surface area contributed by atoms with Crippen LogP contribution in [0.25, 0.3) is 0 Å². The highest BCUT2D eigenvalue weighted by atomic mass is 16.6. The van der Waals surface area contributed by atoms with Gasteiger partial charge in [0.25, 0.3) is 0 Å². The van der Waals surface area contributed by atoms with Crippen LogP contribution >= 0.6 is 0 Å². The van der Waals surface area contributed by atoms with Crippen LogP contribution in [-0.2, 0) is 14.3 Å². The first-order chi connectivity index (χ1) is 7.26. The van der Waals surface area contributed by atoms with Crippen LogP contribution in [0.3, 0.4) is 0 Å². The van der Waals surface area contributed by atoms with Gasteiger partial charge in [0.05, 0.1) is 0 Å². The number of likely N-dealkylation sites (N-methyl/N-ethyl adjacent to an activating group) is 1. The van der Waals surface area contributed by atoms with E-state index < -0.39 is 11.7 Å². The Morgan fingerprint density at radius 2 is 1.88 bits per heavy atom. The van der Waals surface area contributed by atoms with Gasteiger partial charge in [-0.2, -0.15) is 0 Å². The maximum atomic E-state index is 11.5. The van der Waals surface area contributed by atoms with Crippen LogP contribution in [0.2, 0.25) is 0 Å². The highest BCUT2D eigenvalue weighted by Crippen LogP contribution is 2.08. The summed E-state index contributed by atoms with van der Waals surface area (Å²) in [4.78, 5) is 23.9. The third kappa shape index (κ3) is 7.05. The Hall–Kier alpha value is -1.30. The summed E-state index contributed by atoms with van der Waals surface area (Å²) in [5.41, 5.74) is -0.561. The standard InChI is InChI=1S/C10H20N2O4/c1-10(2,3)16-9(14)12(4)6-8(13)11-7-15-5/h6-7H2,1-5H3,(H,11,13). The van der Waals surface area contributed by atoms with Crippen molar-refractivity contribution in [3.63, 3.8) is 0 Å². The fourth-order valence-electron chi connectivity index (χ4n) is 0.828. The SMILES string of the molecule is COCNC(=O)CN(C)C(=O)OC(C)(C)C. The minimum absolute atomic E-state index is 0.0573. The molecule has 6 nitrogen and oxygen atoms in total. The Balaban J connectivity index is 4.01. The number of hydrogen-bond acceptors (Lipinski definition) is 4. The number of carbonyl (C=O) groups is 2. The van der Waals surface area contributed by atoms with Gasteiger partial charge in [-0.15, -0.1) is 0 Å². The smallest absolute Gasteiger partial charge is 0.410 e. The second-order valence-corrected chi connectivity index (χ2v) is 4.37. The van der Waals surface area contributed by atoms with Crippen molar-refractivity contribution >= 4 is 12.0 Å². The summed E-state index contributed by atoms with van der Waals surface area (Å²) in [5.74, 6) is -0.296. The predicted molar refractivity (Wildman–Crippen MR) is 58.9 cm³/mol. The van der Waals surface area contributed by atoms with Gasteiger partial charge in [-0.1, -0.05) is 0 Å². The van der Waals surface area contributed by atoms with E-state index in [9.17, 15) is 9.59 Å². The van der Waals surface area contributed by atoms with Crippen LogP contribution in [-0.4, -0.2) is 49.9 Å². The first kappa shape index (κ1) is 14.7. The van der Waals surface area contributed by atoms with E-state index in [0.29, 0.717) is 0 Å². The maximum Gasteiger partial charge on any atom is 0.410 e. The molecule has 0 aromatic rings. The van der Waals surface area contributed by atoms with Crippen LogP contribution in [0.15, 0.2) is 0 Å². The first-order valence-electron chi connectivity index (χ1n) is 4.96. The Morgan fingerprint density at radius 3 is 2.31 bits per heavy atom. The largest absolute Gasteiger partial charge is 0.444 e. The van der Waals surface area contributed by atoms with E-state index in [1.165, 1.54) is 19.1 Å². The molecular formula is C10H20N2O4. The molecule has 1 N–H and O–H groups in total. The van der Waals surface area contributed by atoms with E-state index >= 15 is 0 Å². The monoisotopic (exact) mass is 232 g/mol. The summed E-state index contributed by atoms with van der Waals surface area (Å²) in [6.07, 6.45) is -0.528. The third-order valence-electron chi connectivity index (χ3n) is 1.50. The van der Waals surface area contributed by atoms with Gasteiger partial charge in [0.2, 0.25) is 5.91 Å². The van der Waals surface area contributed by atoms with Crippen molar-refractivity contribution in [1.29, 1.82) is 0 Å². The molecule has 94 valence electrons. The molecule has 0 saturated heterocycles. The van der Waals surface area contributed by atoms with E-state index in [2.05, 4.69) is 10.1 Å². The highest BCUT2D eigenvalue weighted by Gasteiger charge is 2.20. The zero-order valence-corrected chi connectivity index (χ0v) is 10.5. The summed E-state index contributed by atoms with van der Waals surface area (Å²) in [7, 11) is 2.97. The molecular weight excluding hydrogens is 212 g/mol. The molecule has 0 saturated carbocycles. The normalized spacial score (nSPS) is 10.8. The van der Waals surface area contributed by atoms with E-state index in [4.69, 9.17) is 4.74 Å². The molecule has 0 rings (SSSR count). The molecule has 0 bridgehead atoms. The Labute approximate surface area is 95.9 Å². The van der Waals surface area contributed by atoms with Gasteiger partial charge in [0.15, 0.2) is 0 Å². The zero-order valence-electron chi connectivity index (χ0n) is 10.5. The molecule has 0 heterocycles. The molecule has 16 heavy (non-hydrogen) atoms. The fraction of sp³-hybridized carbons (Fsp3) is 0.800. The van der Waals surface area contributed by atoms with Gasteiger partial charge in [-0.25, -0.2) is 4.79 Å². The summed E-state index contributed by atoms with van der Waals surface area (Å²) >= 11 is 0. The molecule has 0 aliphatic carbocycles. The van der Waals surface area contributed by atoms with Gasteiger partial charge in [0.1, 0.15) is 18.9 Å². The van der Waals surface area contributed by atoms with Crippen LogP contribution in [0.4, 0.5) is 4.79 Å². The Bertz CT molecular complexity index is 248. The van der Waals surface area contributed by atoms with Gasteiger partial charge in [-0.3, -0.25) is 4.79 Å². The van der Waals surface area contributed by atoms with Crippen molar-refractivity contribution in [1.82, 2.24) is 10.2 Å². The zero-order chi connectivity index (χ0) is 12.8. The van der Waals surface area contributed by atoms with E-state index in [1.54, 1.807) is 20.8 Å². The molecule has 0 aromatic carbocycles. The lowest BCUT2D eigenvalue weighted by molar-refractivity contribution is -0.123. The number of hydrogen-bond donors (Lipinski definition) is 1. The van der Waals surface area contributed by atoms with Crippen molar-refractivity contribution in [3.05, 3.63) is 0 Å². The first-order valence-corrected chi connectivity index (χ1v) is 4.96. The van der Waals surface area contributed by atoms with Gasteiger partial charge in [0, 0.05) is 14.2 Å². The Kier molecular flexibility index (Phi) is 5.81. The summed E-state index contributed by atoms with van der Waals surface area (Å²) < 4.78 is 9.75. The Morgan fingerprint density at radius 1 is 1.31 bits per heavy atom. The van der Waals surface area contributed by atoms with Crippen LogP contribution in [0.1, 0.15) is 20.8 Å². The number of rotatable bonds is 4. The number of carbonyl (C=O) groups excluding carboxylic acids is 2. The van der Waals surface area contributed by atoms with Crippen molar-refractivity contribution in [2.75, 3.05) is 27.4 Å². The van der Waals surface area contributed by atoms with Crippen molar-refractivity contribution in [2.24, 2.45) is 0 Å². The van der Waals surface area contributed by atoms with E-state index in [1.807, 2.05) is 0 Å². The van der Waals surface area contributed by atoms with Gasteiger partial charge >= 0.3 is 6.09 Å². The highest BCUT2D eigenvalue weighted by molar-refractivity contribution is 5.82. The minimum atomic E-state index is -0.561. The van der Waals surface area contributed by atoms with E-state index in [-0.39, 0.29) is 19.2 Å². The lowest BCUT2D eigenvalue weighted by Gasteiger charge is -2.24. The van der Waals surface area contributed by atoms with Crippen molar-refractivity contribution in [3.8, 4) is 0 Å². The second-order valence-electron chi connectivity index (χ2n) is 4.37. The molecule has 0 unspecified atom stereocenters. The summed E-state index contributed by atoms with van der Waals surface area (Å²) in [6, 6.07) is 0. The average Bonchev–Trinajstić information content (AvgIpc) is 2.11. The van der Waals surface area contributed by atoms with Crippen molar-refractivity contribution < 1.29 is 19.1 Å². The molecule has 0 spiro atoms. The van der Waals surface area contributed by atoms with E-state index in [0.717, 1.165) is 0 Å². The number of nitrogens with one attached hydrogen (secondary N) is 1. The lowest BCUT2D eigenvalue weighted by atomic mass is 10.2. The molecule has 0 fully saturated rings. The predicted octanol–water partition coefficient (Wildman–Crippen LogP) is 0.573. The molecule has 0 radical (unpaired) electrons. The molecule has 0 aromatic heterocycles. The minimum Gasteiger partial charge on any atom is -0.444 e. The van der Waals surface area contributed by atoms with Gasteiger partial charge < -0.3 is 19.7 Å².